The Kier molecular flexibility index (Phi) is 5.41. The highest BCUT2D eigenvalue weighted by Gasteiger charge is 2.20. The van der Waals surface area contributed by atoms with E-state index in [1.54, 1.807) is 0 Å². The summed E-state index contributed by atoms with van der Waals surface area (Å²) in [5.41, 5.74) is 0.853. The summed E-state index contributed by atoms with van der Waals surface area (Å²) in [4.78, 5) is 16.1. The Labute approximate surface area is 126 Å². The number of amides is 2. The lowest BCUT2D eigenvalue weighted by atomic mass is 10.3. The van der Waals surface area contributed by atoms with Crippen molar-refractivity contribution in [2.24, 2.45) is 0 Å². The molecule has 0 atom stereocenters. The predicted molar refractivity (Wildman–Crippen MR) is 83.3 cm³/mol. The molecule has 104 valence electrons. The van der Waals surface area contributed by atoms with Crippen LogP contribution in [0.3, 0.4) is 0 Å². The number of anilines is 1. The van der Waals surface area contributed by atoms with E-state index in [0.717, 1.165) is 22.3 Å². The first-order chi connectivity index (χ1) is 9.20. The minimum Gasteiger partial charge on any atom is -0.395 e. The van der Waals surface area contributed by atoms with E-state index in [4.69, 9.17) is 5.11 Å². The Morgan fingerprint density at radius 1 is 1.26 bits per heavy atom. The lowest BCUT2D eigenvalue weighted by molar-refractivity contribution is 0.127. The highest BCUT2D eigenvalue weighted by atomic mass is 127. The molecule has 19 heavy (non-hydrogen) atoms. The Morgan fingerprint density at radius 2 is 1.95 bits per heavy atom. The molecule has 1 aromatic carbocycles. The molecule has 1 aliphatic heterocycles. The number of hydrogen-bond acceptors (Lipinski definition) is 3. The van der Waals surface area contributed by atoms with Crippen LogP contribution in [0.4, 0.5) is 10.5 Å². The maximum atomic E-state index is 12.1. The van der Waals surface area contributed by atoms with Gasteiger partial charge in [-0.1, -0.05) is 12.1 Å². The third-order valence-corrected chi connectivity index (χ3v) is 4.13. The molecule has 1 saturated heterocycles. The molecule has 1 aliphatic rings. The van der Waals surface area contributed by atoms with Gasteiger partial charge in [-0.3, -0.25) is 4.90 Å². The fraction of sp³-hybridized carbons (Fsp3) is 0.462. The molecule has 0 radical (unpaired) electrons. The molecule has 0 aliphatic carbocycles. The first-order valence-electron chi connectivity index (χ1n) is 6.34. The fourth-order valence-corrected chi connectivity index (χ4v) is 2.60. The molecule has 2 rings (SSSR count). The van der Waals surface area contributed by atoms with Crippen molar-refractivity contribution >= 4 is 34.3 Å². The molecular weight excluding hydrogens is 357 g/mol. The first-order valence-corrected chi connectivity index (χ1v) is 7.42. The summed E-state index contributed by atoms with van der Waals surface area (Å²) in [6, 6.07) is 7.69. The SMILES string of the molecule is O=C(Nc1ccccc1I)N1CCN(CCO)CC1. The zero-order valence-corrected chi connectivity index (χ0v) is 12.8. The normalized spacial score (nSPS) is 16.4. The number of aliphatic hydroxyl groups is 1. The number of carbonyl (C=O) groups excluding carboxylic acids is 1. The number of para-hydroxylation sites is 1. The Bertz CT molecular complexity index is 434. The molecule has 1 fully saturated rings. The second kappa shape index (κ2) is 7.06. The van der Waals surface area contributed by atoms with Crippen molar-refractivity contribution in [3.05, 3.63) is 27.8 Å². The van der Waals surface area contributed by atoms with E-state index in [0.29, 0.717) is 19.6 Å². The number of piperazine rings is 1. The molecule has 1 aromatic rings. The smallest absolute Gasteiger partial charge is 0.321 e. The molecule has 0 spiro atoms. The quantitative estimate of drug-likeness (QED) is 0.787. The maximum absolute atomic E-state index is 12.1. The molecule has 5 nitrogen and oxygen atoms in total. The van der Waals surface area contributed by atoms with Crippen LogP contribution in [0.1, 0.15) is 0 Å². The van der Waals surface area contributed by atoms with E-state index in [2.05, 4.69) is 32.8 Å². The number of β-amino-alcohol motifs (C(OH)–C–C–N with tert-alkyl or cyclic N) is 1. The second-order valence-electron chi connectivity index (χ2n) is 4.46. The molecule has 1 heterocycles. The number of urea groups is 1. The standard InChI is InChI=1S/C13H18IN3O2/c14-11-3-1-2-4-12(11)15-13(19)17-7-5-16(6-8-17)9-10-18/h1-4,18H,5-10H2,(H,15,19). The summed E-state index contributed by atoms with van der Waals surface area (Å²) < 4.78 is 1.03. The average Bonchev–Trinajstić information content (AvgIpc) is 2.42. The van der Waals surface area contributed by atoms with Gasteiger partial charge in [-0.15, -0.1) is 0 Å². The van der Waals surface area contributed by atoms with Crippen molar-refractivity contribution in [1.82, 2.24) is 9.80 Å². The van der Waals surface area contributed by atoms with Gasteiger partial charge in [0.05, 0.1) is 12.3 Å². The summed E-state index contributed by atoms with van der Waals surface area (Å²) >= 11 is 2.21. The highest BCUT2D eigenvalue weighted by Crippen LogP contribution is 2.17. The van der Waals surface area contributed by atoms with Gasteiger partial charge in [-0.2, -0.15) is 0 Å². The van der Waals surface area contributed by atoms with Gasteiger partial charge in [0.1, 0.15) is 0 Å². The van der Waals surface area contributed by atoms with Crippen molar-refractivity contribution in [1.29, 1.82) is 0 Å². The number of nitrogens with zero attached hydrogens (tertiary/aromatic N) is 2. The summed E-state index contributed by atoms with van der Waals surface area (Å²) in [5, 5.41) is 11.8. The van der Waals surface area contributed by atoms with Crippen LogP contribution in [0.2, 0.25) is 0 Å². The molecule has 0 unspecified atom stereocenters. The van der Waals surface area contributed by atoms with Crippen LogP contribution >= 0.6 is 22.6 Å². The van der Waals surface area contributed by atoms with Crippen LogP contribution in [0.25, 0.3) is 0 Å². The number of halogens is 1. The number of nitrogens with one attached hydrogen (secondary N) is 1. The third kappa shape index (κ3) is 4.05. The number of benzene rings is 1. The first kappa shape index (κ1) is 14.5. The highest BCUT2D eigenvalue weighted by molar-refractivity contribution is 14.1. The number of rotatable bonds is 3. The van der Waals surface area contributed by atoms with Crippen molar-refractivity contribution in [3.63, 3.8) is 0 Å². The summed E-state index contributed by atoms with van der Waals surface area (Å²) in [6.07, 6.45) is 0. The zero-order chi connectivity index (χ0) is 13.7. The lowest BCUT2D eigenvalue weighted by Gasteiger charge is -2.34. The van der Waals surface area contributed by atoms with Crippen LogP contribution in [-0.2, 0) is 0 Å². The average molecular weight is 375 g/mol. The zero-order valence-electron chi connectivity index (χ0n) is 10.7. The number of hydrogen-bond donors (Lipinski definition) is 2. The van der Waals surface area contributed by atoms with Crippen molar-refractivity contribution in [2.45, 2.75) is 0 Å². The summed E-state index contributed by atoms with van der Waals surface area (Å²) in [7, 11) is 0. The fourth-order valence-electron chi connectivity index (χ4n) is 2.07. The van der Waals surface area contributed by atoms with Crippen LogP contribution in [0.5, 0.6) is 0 Å². The summed E-state index contributed by atoms with van der Waals surface area (Å²) in [6.45, 7) is 3.91. The van der Waals surface area contributed by atoms with Crippen molar-refractivity contribution in [2.75, 3.05) is 44.6 Å². The molecule has 0 saturated carbocycles. The van der Waals surface area contributed by atoms with Crippen LogP contribution in [-0.4, -0.2) is 60.3 Å². The molecule has 2 amide bonds. The van der Waals surface area contributed by atoms with E-state index in [9.17, 15) is 4.79 Å². The van der Waals surface area contributed by atoms with Gasteiger partial charge < -0.3 is 15.3 Å². The van der Waals surface area contributed by atoms with Gasteiger partial charge in [0.25, 0.3) is 0 Å². The minimum absolute atomic E-state index is 0.0484. The number of carbonyl (C=O) groups is 1. The van der Waals surface area contributed by atoms with Gasteiger partial charge in [0.2, 0.25) is 0 Å². The monoisotopic (exact) mass is 375 g/mol. The largest absolute Gasteiger partial charge is 0.395 e. The van der Waals surface area contributed by atoms with E-state index < -0.39 is 0 Å². The molecule has 2 N–H and O–H groups in total. The van der Waals surface area contributed by atoms with E-state index in [-0.39, 0.29) is 12.6 Å². The topological polar surface area (TPSA) is 55.8 Å². The third-order valence-electron chi connectivity index (χ3n) is 3.19. The predicted octanol–water partition coefficient (Wildman–Crippen LogP) is 1.43. The lowest BCUT2D eigenvalue weighted by Crippen LogP contribution is -2.50. The van der Waals surface area contributed by atoms with Crippen molar-refractivity contribution in [3.8, 4) is 0 Å². The Balaban J connectivity index is 1.87. The molecule has 0 aromatic heterocycles. The second-order valence-corrected chi connectivity index (χ2v) is 5.62. The van der Waals surface area contributed by atoms with Crippen LogP contribution in [0.15, 0.2) is 24.3 Å². The minimum atomic E-state index is -0.0484. The Hall–Kier alpha value is -0.860. The van der Waals surface area contributed by atoms with Crippen LogP contribution in [0, 0.1) is 3.57 Å². The van der Waals surface area contributed by atoms with Gasteiger partial charge >= 0.3 is 6.03 Å². The van der Waals surface area contributed by atoms with Gasteiger partial charge in [0.15, 0.2) is 0 Å². The van der Waals surface area contributed by atoms with Crippen molar-refractivity contribution < 1.29 is 9.90 Å². The van der Waals surface area contributed by atoms with Gasteiger partial charge in [-0.25, -0.2) is 4.79 Å². The molecular formula is C13H18IN3O2. The maximum Gasteiger partial charge on any atom is 0.321 e. The van der Waals surface area contributed by atoms with E-state index in [1.165, 1.54) is 0 Å². The van der Waals surface area contributed by atoms with Crippen LogP contribution < -0.4 is 5.32 Å². The van der Waals surface area contributed by atoms with Gasteiger partial charge in [-0.05, 0) is 34.7 Å². The molecule has 0 bridgehead atoms. The van der Waals surface area contributed by atoms with E-state index >= 15 is 0 Å². The summed E-state index contributed by atoms with van der Waals surface area (Å²) in [5.74, 6) is 0. The van der Waals surface area contributed by atoms with Gasteiger partial charge in [0, 0.05) is 36.3 Å². The molecule has 6 heteroatoms. The van der Waals surface area contributed by atoms with E-state index in [1.807, 2.05) is 29.2 Å². The number of aliphatic hydroxyl groups excluding tert-OH is 1. The Morgan fingerprint density at radius 3 is 2.58 bits per heavy atom.